The van der Waals surface area contributed by atoms with Crippen LogP contribution < -0.4 is 11.1 Å². The summed E-state index contributed by atoms with van der Waals surface area (Å²) in [6.07, 6.45) is 17.5. The van der Waals surface area contributed by atoms with E-state index in [1.165, 1.54) is 77.0 Å². The van der Waals surface area contributed by atoms with Gasteiger partial charge in [-0.2, -0.15) is 0 Å². The maximum absolute atomic E-state index is 7.64. The molecule has 8 atom stereocenters. The normalized spacial score (nSPS) is 49.0. The molecule has 0 bridgehead atoms. The fourth-order valence-electron chi connectivity index (χ4n) is 9.68. The van der Waals surface area contributed by atoms with Crippen LogP contribution >= 0.6 is 0 Å². The first-order valence-corrected chi connectivity index (χ1v) is 13.7. The predicted molar refractivity (Wildman–Crippen MR) is 128 cm³/mol. The molecule has 0 aromatic heterocycles. The fourth-order valence-corrected chi connectivity index (χ4v) is 9.68. The molecule has 0 heterocycles. The van der Waals surface area contributed by atoms with Crippen molar-refractivity contribution < 1.29 is 4.74 Å². The van der Waals surface area contributed by atoms with Crippen LogP contribution in [0.3, 0.4) is 0 Å². The second kappa shape index (κ2) is 7.96. The molecule has 0 spiro atoms. The number of nitrogens with two attached hydrogens (primary N) is 1. The Morgan fingerprint density at radius 3 is 2.52 bits per heavy atom. The van der Waals surface area contributed by atoms with E-state index >= 15 is 0 Å². The summed E-state index contributed by atoms with van der Waals surface area (Å²) in [4.78, 5) is 0. The van der Waals surface area contributed by atoms with Crippen molar-refractivity contribution in [1.82, 2.24) is 5.32 Å². The number of fused-ring (bicyclic) bond motifs is 5. The van der Waals surface area contributed by atoms with E-state index in [9.17, 15) is 0 Å². The molecule has 5 rings (SSSR count). The number of nitrogens with one attached hydrogen (secondary N) is 1. The lowest BCUT2D eigenvalue weighted by molar-refractivity contribution is -0.149. The summed E-state index contributed by atoms with van der Waals surface area (Å²) in [6, 6.07) is 0.621. The van der Waals surface area contributed by atoms with E-state index in [4.69, 9.17) is 10.5 Å². The molecule has 0 aromatic carbocycles. The molecule has 5 fully saturated rings. The van der Waals surface area contributed by atoms with Crippen LogP contribution in [0.4, 0.5) is 0 Å². The van der Waals surface area contributed by atoms with Crippen molar-refractivity contribution in [1.29, 1.82) is 0 Å². The van der Waals surface area contributed by atoms with Gasteiger partial charge in [0.1, 0.15) is 0 Å². The van der Waals surface area contributed by atoms with Crippen LogP contribution in [-0.2, 0) is 4.74 Å². The second-order valence-corrected chi connectivity index (χ2v) is 12.7. The van der Waals surface area contributed by atoms with Crippen LogP contribution in [0.1, 0.15) is 104 Å². The summed E-state index contributed by atoms with van der Waals surface area (Å²) in [7, 11) is 0. The van der Waals surface area contributed by atoms with Crippen molar-refractivity contribution in [2.75, 3.05) is 6.61 Å². The zero-order valence-corrected chi connectivity index (χ0v) is 20.6. The maximum atomic E-state index is 7.64. The maximum Gasteiger partial charge on any atom is 0.179 e. The molecule has 5 aliphatic carbocycles. The van der Waals surface area contributed by atoms with E-state index in [0.717, 1.165) is 42.6 Å². The second-order valence-electron chi connectivity index (χ2n) is 12.7. The zero-order chi connectivity index (χ0) is 21.9. The zero-order valence-electron chi connectivity index (χ0n) is 20.6. The van der Waals surface area contributed by atoms with Gasteiger partial charge >= 0.3 is 0 Å². The molecule has 5 saturated carbocycles. The standard InChI is InChI=1S/C28H48N2O/c1-5-20-18-28(29)24-12-9-21(14-17-31-19(2)30-22-10-11-22)26(24,3)16-13-25(28)27(4)15-7-6-8-23(20)27/h20-25,30H,2,5-18,29H2,1,3-4H3/t20-,21?,23-,24?,25+,26?,27?,28+/m0/s1. The van der Waals surface area contributed by atoms with Crippen LogP contribution in [0.5, 0.6) is 0 Å². The fraction of sp³-hybridized carbons (Fsp3) is 0.929. The van der Waals surface area contributed by atoms with Gasteiger partial charge in [0.2, 0.25) is 0 Å². The van der Waals surface area contributed by atoms with Crippen molar-refractivity contribution in [3.8, 4) is 0 Å². The molecule has 0 saturated heterocycles. The average molecular weight is 429 g/mol. The predicted octanol–water partition coefficient (Wildman–Crippen LogP) is 6.38. The van der Waals surface area contributed by atoms with E-state index in [-0.39, 0.29) is 5.54 Å². The van der Waals surface area contributed by atoms with Crippen molar-refractivity contribution in [3.63, 3.8) is 0 Å². The highest BCUT2D eigenvalue weighted by atomic mass is 16.5. The van der Waals surface area contributed by atoms with Crippen molar-refractivity contribution in [2.24, 2.45) is 46.2 Å². The Labute approximate surface area is 191 Å². The van der Waals surface area contributed by atoms with Gasteiger partial charge in [0.15, 0.2) is 5.88 Å². The molecule has 0 amide bonds. The number of ether oxygens (including phenoxy) is 1. The molecular weight excluding hydrogens is 380 g/mol. The third-order valence-electron chi connectivity index (χ3n) is 11.3. The quantitative estimate of drug-likeness (QED) is 0.462. The van der Waals surface area contributed by atoms with Gasteiger partial charge in [0, 0.05) is 11.6 Å². The van der Waals surface area contributed by atoms with E-state index in [2.05, 4.69) is 32.7 Å². The van der Waals surface area contributed by atoms with E-state index in [0.29, 0.717) is 22.8 Å². The van der Waals surface area contributed by atoms with Crippen LogP contribution in [0.2, 0.25) is 0 Å². The van der Waals surface area contributed by atoms with E-state index < -0.39 is 0 Å². The summed E-state index contributed by atoms with van der Waals surface area (Å²) < 4.78 is 6.00. The molecule has 0 aliphatic heterocycles. The molecule has 3 N–H and O–H groups in total. The summed E-state index contributed by atoms with van der Waals surface area (Å²) >= 11 is 0. The Balaban J connectivity index is 1.30. The molecular formula is C28H48N2O. The summed E-state index contributed by atoms with van der Waals surface area (Å²) in [6.45, 7) is 12.6. The largest absolute Gasteiger partial charge is 0.480 e. The van der Waals surface area contributed by atoms with Crippen LogP contribution in [0, 0.1) is 40.4 Å². The Hall–Kier alpha value is -0.700. The van der Waals surface area contributed by atoms with Gasteiger partial charge in [-0.15, -0.1) is 0 Å². The van der Waals surface area contributed by atoms with Gasteiger partial charge in [0.05, 0.1) is 6.61 Å². The molecule has 3 nitrogen and oxygen atoms in total. The third-order valence-corrected chi connectivity index (χ3v) is 11.3. The topological polar surface area (TPSA) is 47.3 Å². The number of hydrogen-bond donors (Lipinski definition) is 2. The number of rotatable bonds is 7. The Morgan fingerprint density at radius 1 is 1.00 bits per heavy atom. The summed E-state index contributed by atoms with van der Waals surface area (Å²) in [5, 5.41) is 3.39. The summed E-state index contributed by atoms with van der Waals surface area (Å²) in [5.41, 5.74) is 8.58. The molecule has 4 unspecified atom stereocenters. The minimum Gasteiger partial charge on any atom is -0.480 e. The van der Waals surface area contributed by atoms with Crippen LogP contribution in [-0.4, -0.2) is 18.2 Å². The van der Waals surface area contributed by atoms with Crippen LogP contribution in [0.25, 0.3) is 0 Å². The third kappa shape index (κ3) is 3.56. The van der Waals surface area contributed by atoms with Crippen molar-refractivity contribution in [2.45, 2.75) is 116 Å². The van der Waals surface area contributed by atoms with Gasteiger partial charge in [0.25, 0.3) is 0 Å². The Bertz CT molecular complexity index is 688. The Morgan fingerprint density at radius 2 is 1.77 bits per heavy atom. The van der Waals surface area contributed by atoms with E-state index in [1.54, 1.807) is 0 Å². The Kier molecular flexibility index (Phi) is 5.68. The molecule has 0 aromatic rings. The average Bonchev–Trinajstić information content (AvgIpc) is 3.47. The lowest BCUT2D eigenvalue weighted by Gasteiger charge is -2.67. The van der Waals surface area contributed by atoms with Gasteiger partial charge in [-0.3, -0.25) is 0 Å². The minimum atomic E-state index is 0.0585. The highest BCUT2D eigenvalue weighted by molar-refractivity contribution is 5.19. The summed E-state index contributed by atoms with van der Waals surface area (Å²) in [5.74, 6) is 4.75. The van der Waals surface area contributed by atoms with Crippen molar-refractivity contribution in [3.05, 3.63) is 12.5 Å². The first kappa shape index (κ1) is 22.1. The molecule has 3 heteroatoms. The van der Waals surface area contributed by atoms with Gasteiger partial charge in [-0.05, 0) is 111 Å². The van der Waals surface area contributed by atoms with E-state index in [1.807, 2.05) is 0 Å². The first-order chi connectivity index (χ1) is 14.8. The first-order valence-electron chi connectivity index (χ1n) is 13.7. The van der Waals surface area contributed by atoms with Gasteiger partial charge in [-0.25, -0.2) is 0 Å². The van der Waals surface area contributed by atoms with Crippen LogP contribution in [0.15, 0.2) is 12.5 Å². The lowest BCUT2D eigenvalue weighted by atomic mass is 9.40. The monoisotopic (exact) mass is 428 g/mol. The number of hydrogen-bond acceptors (Lipinski definition) is 3. The highest BCUT2D eigenvalue weighted by Gasteiger charge is 2.66. The molecule has 176 valence electrons. The van der Waals surface area contributed by atoms with Crippen molar-refractivity contribution >= 4 is 0 Å². The smallest absolute Gasteiger partial charge is 0.179 e. The molecule has 0 radical (unpaired) electrons. The highest BCUT2D eigenvalue weighted by Crippen LogP contribution is 2.69. The SMILES string of the molecule is C=C(NC1CC1)OCCC1CCC2C1(C)CC[C@@H]1C3(C)CCCC[C@H]3[C@@H](CC)C[C@@]21N. The van der Waals surface area contributed by atoms with Gasteiger partial charge in [-0.1, -0.05) is 40.0 Å². The minimum absolute atomic E-state index is 0.0585. The lowest BCUT2D eigenvalue weighted by Crippen LogP contribution is -2.69. The molecule has 5 aliphatic rings. The van der Waals surface area contributed by atoms with Gasteiger partial charge < -0.3 is 15.8 Å². The molecule has 31 heavy (non-hydrogen) atoms.